The van der Waals surface area contributed by atoms with Crippen molar-refractivity contribution in [2.45, 2.75) is 46.7 Å². The van der Waals surface area contributed by atoms with Gasteiger partial charge in [-0.05, 0) is 29.6 Å². The predicted octanol–water partition coefficient (Wildman–Crippen LogP) is 2.28. The van der Waals surface area contributed by atoms with Gasteiger partial charge in [0.15, 0.2) is 0 Å². The highest BCUT2D eigenvalue weighted by molar-refractivity contribution is 5.89. The Balaban J connectivity index is 1.53. The van der Waals surface area contributed by atoms with Crippen LogP contribution in [0.25, 0.3) is 0 Å². The van der Waals surface area contributed by atoms with Gasteiger partial charge in [0, 0.05) is 19.6 Å². The molecule has 1 aromatic rings. The number of hydrogen-bond donors (Lipinski definition) is 1. The highest BCUT2D eigenvalue weighted by atomic mass is 16.4. The summed E-state index contributed by atoms with van der Waals surface area (Å²) in [7, 11) is 0. The number of fused-ring (bicyclic) bond motifs is 3. The summed E-state index contributed by atoms with van der Waals surface area (Å²) in [5.74, 6) is -0.444. The molecule has 2 fully saturated rings. The lowest BCUT2D eigenvalue weighted by molar-refractivity contribution is -0.00832. The maximum Gasteiger partial charge on any atom is 0.339 e. The van der Waals surface area contributed by atoms with Gasteiger partial charge in [-0.2, -0.15) is 5.10 Å². The van der Waals surface area contributed by atoms with Crippen LogP contribution < -0.4 is 0 Å². The van der Waals surface area contributed by atoms with Gasteiger partial charge < -0.3 is 14.9 Å². The molecule has 2 atom stereocenters. The van der Waals surface area contributed by atoms with Gasteiger partial charge in [-0.3, -0.25) is 4.68 Å². The fraction of sp³-hybridized carbons (Fsp3) is 0.722. The number of piperidine rings is 1. The average Bonchev–Trinajstić information content (AvgIpc) is 2.99. The Morgan fingerprint density at radius 2 is 2.00 bits per heavy atom. The Labute approximate surface area is 147 Å². The number of carbonyl (C=O) groups excluding carboxylic acids is 1. The van der Waals surface area contributed by atoms with Crippen molar-refractivity contribution in [3.05, 3.63) is 17.5 Å². The third-order valence-electron chi connectivity index (χ3n) is 7.24. The highest BCUT2D eigenvalue weighted by Gasteiger charge is 2.56. The molecule has 0 radical (unpaired) electrons. The van der Waals surface area contributed by atoms with Crippen LogP contribution in [0.5, 0.6) is 0 Å². The van der Waals surface area contributed by atoms with Crippen LogP contribution in [-0.2, 0) is 13.1 Å². The van der Waals surface area contributed by atoms with Crippen molar-refractivity contribution in [2.75, 3.05) is 19.6 Å². The van der Waals surface area contributed by atoms with E-state index in [1.165, 1.54) is 19.0 Å². The molecule has 25 heavy (non-hydrogen) atoms. The minimum atomic E-state index is -0.985. The first kappa shape index (κ1) is 16.4. The van der Waals surface area contributed by atoms with Gasteiger partial charge in [0.25, 0.3) is 0 Å². The molecule has 2 bridgehead atoms. The van der Waals surface area contributed by atoms with E-state index in [0.717, 1.165) is 13.1 Å². The zero-order valence-electron chi connectivity index (χ0n) is 15.2. The van der Waals surface area contributed by atoms with Gasteiger partial charge in [-0.25, -0.2) is 9.59 Å². The Morgan fingerprint density at radius 3 is 2.68 bits per heavy atom. The number of urea groups is 1. The molecule has 0 unspecified atom stereocenters. The maximum atomic E-state index is 13.1. The lowest BCUT2D eigenvalue weighted by Gasteiger charge is -2.51. The largest absolute Gasteiger partial charge is 0.478 e. The van der Waals surface area contributed by atoms with Crippen LogP contribution in [0.1, 0.15) is 49.7 Å². The van der Waals surface area contributed by atoms with Gasteiger partial charge in [-0.1, -0.05) is 20.8 Å². The average molecular weight is 346 g/mol. The summed E-state index contributed by atoms with van der Waals surface area (Å²) in [6, 6.07) is 0.0393. The number of rotatable bonds is 1. The summed E-state index contributed by atoms with van der Waals surface area (Å²) in [4.78, 5) is 28.2. The van der Waals surface area contributed by atoms with E-state index in [2.05, 4.69) is 25.9 Å². The Kier molecular flexibility index (Phi) is 3.43. The third-order valence-corrected chi connectivity index (χ3v) is 7.24. The monoisotopic (exact) mass is 346 g/mol. The molecule has 4 rings (SSSR count). The molecule has 1 saturated heterocycles. The van der Waals surface area contributed by atoms with Gasteiger partial charge >= 0.3 is 12.0 Å². The zero-order chi connectivity index (χ0) is 18.0. The van der Waals surface area contributed by atoms with E-state index in [0.29, 0.717) is 31.2 Å². The molecule has 136 valence electrons. The molecule has 1 aromatic heterocycles. The van der Waals surface area contributed by atoms with Gasteiger partial charge in [0.2, 0.25) is 0 Å². The van der Waals surface area contributed by atoms with Crippen molar-refractivity contribution in [3.63, 3.8) is 0 Å². The topological polar surface area (TPSA) is 78.7 Å². The minimum absolute atomic E-state index is 0.0393. The lowest BCUT2D eigenvalue weighted by Crippen LogP contribution is -2.57. The van der Waals surface area contributed by atoms with E-state index in [1.807, 2.05) is 4.90 Å². The quantitative estimate of drug-likeness (QED) is 0.846. The molecule has 0 spiro atoms. The van der Waals surface area contributed by atoms with Crippen molar-refractivity contribution < 1.29 is 14.7 Å². The van der Waals surface area contributed by atoms with E-state index < -0.39 is 5.97 Å². The number of carboxylic acids is 1. The first-order valence-corrected chi connectivity index (χ1v) is 9.05. The molecule has 7 heteroatoms. The van der Waals surface area contributed by atoms with Gasteiger partial charge in [0.05, 0.1) is 25.0 Å². The van der Waals surface area contributed by atoms with Gasteiger partial charge in [-0.15, -0.1) is 0 Å². The zero-order valence-corrected chi connectivity index (χ0v) is 15.2. The van der Waals surface area contributed by atoms with Crippen molar-refractivity contribution in [1.29, 1.82) is 0 Å². The molecule has 2 amide bonds. The summed E-state index contributed by atoms with van der Waals surface area (Å²) in [5, 5.41) is 13.4. The first-order valence-electron chi connectivity index (χ1n) is 9.05. The number of likely N-dealkylation sites (tertiary alicyclic amines) is 1. The molecular formula is C18H26N4O3. The van der Waals surface area contributed by atoms with E-state index in [9.17, 15) is 14.7 Å². The first-order chi connectivity index (χ1) is 11.7. The number of aromatic carboxylic acids is 1. The molecule has 1 saturated carbocycles. The van der Waals surface area contributed by atoms with E-state index >= 15 is 0 Å². The van der Waals surface area contributed by atoms with Crippen LogP contribution >= 0.6 is 0 Å². The number of nitrogens with zero attached hydrogens (tertiary/aromatic N) is 4. The molecule has 3 heterocycles. The lowest BCUT2D eigenvalue weighted by atomic mass is 9.63. The number of amides is 2. The van der Waals surface area contributed by atoms with E-state index in [1.54, 1.807) is 9.58 Å². The fourth-order valence-electron chi connectivity index (χ4n) is 4.96. The number of aromatic nitrogens is 2. The van der Waals surface area contributed by atoms with Crippen molar-refractivity contribution in [3.8, 4) is 0 Å². The summed E-state index contributed by atoms with van der Waals surface area (Å²) < 4.78 is 1.71. The maximum absolute atomic E-state index is 13.1. The van der Waals surface area contributed by atoms with Crippen molar-refractivity contribution in [1.82, 2.24) is 19.6 Å². The predicted molar refractivity (Wildman–Crippen MR) is 91.2 cm³/mol. The SMILES string of the molecule is CC1(C)[C@@H]2CC[C@@]1(C)CN(C(=O)N1CCn3ncc(C(=O)O)c3C1)C2. The molecular weight excluding hydrogens is 320 g/mol. The highest BCUT2D eigenvalue weighted by Crippen LogP contribution is 2.59. The van der Waals surface area contributed by atoms with Crippen LogP contribution in [0.2, 0.25) is 0 Å². The second-order valence-corrected chi connectivity index (χ2v) is 8.64. The summed E-state index contributed by atoms with van der Waals surface area (Å²) in [5.41, 5.74) is 1.25. The van der Waals surface area contributed by atoms with Crippen LogP contribution in [-0.4, -0.2) is 56.3 Å². The minimum Gasteiger partial charge on any atom is -0.478 e. The summed E-state index contributed by atoms with van der Waals surface area (Å²) >= 11 is 0. The Morgan fingerprint density at radius 1 is 1.24 bits per heavy atom. The molecule has 3 aliphatic rings. The summed E-state index contributed by atoms with van der Waals surface area (Å²) in [6.45, 7) is 10.0. The number of carbonyl (C=O) groups is 2. The van der Waals surface area contributed by atoms with Crippen LogP contribution in [0.15, 0.2) is 6.20 Å². The van der Waals surface area contributed by atoms with Crippen LogP contribution in [0, 0.1) is 16.7 Å². The van der Waals surface area contributed by atoms with Crippen LogP contribution in [0.4, 0.5) is 4.79 Å². The second-order valence-electron chi connectivity index (χ2n) is 8.64. The number of carboxylic acid groups (broad SMARTS) is 1. The Bertz CT molecular complexity index is 741. The smallest absolute Gasteiger partial charge is 0.339 e. The molecule has 0 aromatic carbocycles. The molecule has 7 nitrogen and oxygen atoms in total. The van der Waals surface area contributed by atoms with Gasteiger partial charge in [0.1, 0.15) is 5.56 Å². The van der Waals surface area contributed by atoms with Crippen molar-refractivity contribution in [2.24, 2.45) is 16.7 Å². The molecule has 2 aliphatic heterocycles. The molecule has 1 aliphatic carbocycles. The summed E-state index contributed by atoms with van der Waals surface area (Å²) in [6.07, 6.45) is 3.74. The van der Waals surface area contributed by atoms with E-state index in [4.69, 9.17) is 0 Å². The second kappa shape index (κ2) is 5.22. The Hall–Kier alpha value is -2.05. The number of hydrogen-bond acceptors (Lipinski definition) is 3. The van der Waals surface area contributed by atoms with Crippen LogP contribution in [0.3, 0.4) is 0 Å². The third kappa shape index (κ3) is 2.28. The van der Waals surface area contributed by atoms with Crippen molar-refractivity contribution >= 4 is 12.0 Å². The fourth-order valence-corrected chi connectivity index (χ4v) is 4.96. The molecule has 1 N–H and O–H groups in total. The van der Waals surface area contributed by atoms with E-state index in [-0.39, 0.29) is 22.4 Å². The standard InChI is InChI=1S/C18H26N4O3/c1-17(2)12-4-5-18(17,3)11-21(9-12)16(25)20-6-7-22-14(10-20)13(8-19-22)15(23)24/h8,12H,4-7,9-11H2,1-3H3,(H,23,24)/t12-,18+/m1/s1. The normalized spacial score (nSPS) is 30.3.